The maximum atomic E-state index is 12.2. The van der Waals surface area contributed by atoms with Crippen molar-refractivity contribution in [2.24, 2.45) is 0 Å². The summed E-state index contributed by atoms with van der Waals surface area (Å²) in [6, 6.07) is 9.88. The van der Waals surface area contributed by atoms with E-state index in [1.54, 1.807) is 11.3 Å². The maximum absolute atomic E-state index is 12.2. The van der Waals surface area contributed by atoms with Crippen LogP contribution < -0.4 is 5.32 Å². The molecule has 0 spiro atoms. The summed E-state index contributed by atoms with van der Waals surface area (Å²) in [6.07, 6.45) is 3.50. The Bertz CT molecular complexity index is 584. The predicted octanol–water partition coefficient (Wildman–Crippen LogP) is 4.09. The van der Waals surface area contributed by atoms with Crippen molar-refractivity contribution in [3.05, 3.63) is 49.2 Å². The third-order valence-electron chi connectivity index (χ3n) is 3.09. The van der Waals surface area contributed by atoms with Crippen molar-refractivity contribution >= 4 is 45.5 Å². The number of benzene rings is 1. The van der Waals surface area contributed by atoms with Gasteiger partial charge in [0.1, 0.15) is 0 Å². The van der Waals surface area contributed by atoms with Crippen molar-refractivity contribution in [1.82, 2.24) is 0 Å². The van der Waals surface area contributed by atoms with E-state index in [1.807, 2.05) is 24.3 Å². The maximum Gasteiger partial charge on any atom is 0.265 e. The van der Waals surface area contributed by atoms with Crippen LogP contribution in [0, 0.1) is 3.57 Å². The molecular weight excluding hydrogens is 357 g/mol. The van der Waals surface area contributed by atoms with Gasteiger partial charge in [0.2, 0.25) is 0 Å². The number of amides is 1. The van der Waals surface area contributed by atoms with Gasteiger partial charge in [-0.2, -0.15) is 0 Å². The minimum Gasteiger partial charge on any atom is -0.320 e. The van der Waals surface area contributed by atoms with Gasteiger partial charge in [0, 0.05) is 8.45 Å². The molecule has 1 N–H and O–H groups in total. The van der Waals surface area contributed by atoms with Gasteiger partial charge in [-0.1, -0.05) is 12.1 Å². The average Bonchev–Trinajstić information content (AvgIpc) is 2.92. The van der Waals surface area contributed by atoms with E-state index >= 15 is 0 Å². The highest BCUT2D eigenvalue weighted by molar-refractivity contribution is 14.1. The molecule has 1 aliphatic carbocycles. The van der Waals surface area contributed by atoms with Crippen LogP contribution in [0.3, 0.4) is 0 Å². The van der Waals surface area contributed by atoms with E-state index in [0.29, 0.717) is 0 Å². The minimum atomic E-state index is 0.0125. The van der Waals surface area contributed by atoms with Crippen LogP contribution in [-0.2, 0) is 12.8 Å². The zero-order valence-electron chi connectivity index (χ0n) is 9.70. The van der Waals surface area contributed by atoms with Crippen LogP contribution in [0.4, 0.5) is 5.69 Å². The van der Waals surface area contributed by atoms with E-state index in [4.69, 9.17) is 0 Å². The van der Waals surface area contributed by atoms with Crippen LogP contribution in [0.1, 0.15) is 26.5 Å². The van der Waals surface area contributed by atoms with Gasteiger partial charge in [-0.3, -0.25) is 4.79 Å². The van der Waals surface area contributed by atoms with E-state index in [1.165, 1.54) is 16.9 Å². The summed E-state index contributed by atoms with van der Waals surface area (Å²) in [5, 5.41) is 2.98. The number of anilines is 1. The third-order valence-corrected chi connectivity index (χ3v) is 5.27. The van der Waals surface area contributed by atoms with Gasteiger partial charge in [0.25, 0.3) is 5.91 Å². The number of fused-ring (bicyclic) bond motifs is 1. The van der Waals surface area contributed by atoms with Crippen LogP contribution in [0.15, 0.2) is 30.3 Å². The second kappa shape index (κ2) is 5.01. The van der Waals surface area contributed by atoms with E-state index < -0.39 is 0 Å². The van der Waals surface area contributed by atoms with Crippen LogP contribution in [0.5, 0.6) is 0 Å². The zero-order chi connectivity index (χ0) is 12.5. The summed E-state index contributed by atoms with van der Waals surface area (Å²) in [6.45, 7) is 0. The molecule has 1 amide bonds. The SMILES string of the molecule is O=C(Nc1ccccc1I)c1cc2c(s1)CCC2. The first kappa shape index (κ1) is 12.2. The average molecular weight is 369 g/mol. The molecule has 92 valence electrons. The molecule has 1 aliphatic rings. The lowest BCUT2D eigenvalue weighted by Crippen LogP contribution is -2.11. The lowest BCUT2D eigenvalue weighted by Gasteiger charge is -2.05. The van der Waals surface area contributed by atoms with Gasteiger partial charge in [0.05, 0.1) is 10.6 Å². The molecule has 3 rings (SSSR count). The number of thiophene rings is 1. The first-order valence-electron chi connectivity index (χ1n) is 5.91. The summed E-state index contributed by atoms with van der Waals surface area (Å²) in [7, 11) is 0. The number of para-hydroxylation sites is 1. The first-order chi connectivity index (χ1) is 8.74. The van der Waals surface area contributed by atoms with Gasteiger partial charge in [0.15, 0.2) is 0 Å². The second-order valence-corrected chi connectivity index (χ2v) is 6.65. The van der Waals surface area contributed by atoms with Crippen molar-refractivity contribution < 1.29 is 4.79 Å². The number of rotatable bonds is 2. The number of nitrogens with one attached hydrogen (secondary N) is 1. The molecule has 0 unspecified atom stereocenters. The zero-order valence-corrected chi connectivity index (χ0v) is 12.7. The van der Waals surface area contributed by atoms with Gasteiger partial charge >= 0.3 is 0 Å². The Kier molecular flexibility index (Phi) is 3.39. The number of carbonyl (C=O) groups excluding carboxylic acids is 1. The van der Waals surface area contributed by atoms with Crippen molar-refractivity contribution in [2.45, 2.75) is 19.3 Å². The molecule has 2 aromatic rings. The number of halogens is 1. The Hall–Kier alpha value is -0.880. The lowest BCUT2D eigenvalue weighted by atomic mass is 10.2. The summed E-state index contributed by atoms with van der Waals surface area (Å²) in [4.78, 5) is 14.4. The number of carbonyl (C=O) groups is 1. The fourth-order valence-electron chi connectivity index (χ4n) is 2.19. The monoisotopic (exact) mass is 369 g/mol. The van der Waals surface area contributed by atoms with Crippen LogP contribution in [-0.4, -0.2) is 5.91 Å². The van der Waals surface area contributed by atoms with Crippen molar-refractivity contribution in [3.63, 3.8) is 0 Å². The fourth-order valence-corrected chi connectivity index (χ4v) is 3.86. The summed E-state index contributed by atoms with van der Waals surface area (Å²) >= 11 is 3.87. The molecule has 1 aromatic heterocycles. The Balaban J connectivity index is 1.81. The highest BCUT2D eigenvalue weighted by Crippen LogP contribution is 2.31. The summed E-state index contributed by atoms with van der Waals surface area (Å²) in [5.74, 6) is 0.0125. The molecular formula is C14H12INOS. The molecule has 0 bridgehead atoms. The van der Waals surface area contributed by atoms with Gasteiger partial charge < -0.3 is 5.32 Å². The third kappa shape index (κ3) is 2.31. The van der Waals surface area contributed by atoms with Gasteiger partial charge in [-0.05, 0) is 65.6 Å². The first-order valence-corrected chi connectivity index (χ1v) is 7.81. The number of hydrogen-bond donors (Lipinski definition) is 1. The topological polar surface area (TPSA) is 29.1 Å². The second-order valence-electron chi connectivity index (χ2n) is 4.35. The molecule has 1 aromatic carbocycles. The molecule has 0 fully saturated rings. The van der Waals surface area contributed by atoms with E-state index in [-0.39, 0.29) is 5.91 Å². The normalized spacial score (nSPS) is 13.4. The van der Waals surface area contributed by atoms with Crippen LogP contribution >= 0.6 is 33.9 Å². The molecule has 2 nitrogen and oxygen atoms in total. The summed E-state index contributed by atoms with van der Waals surface area (Å²) in [5.41, 5.74) is 2.25. The predicted molar refractivity (Wildman–Crippen MR) is 83.5 cm³/mol. The van der Waals surface area contributed by atoms with Crippen molar-refractivity contribution in [3.8, 4) is 0 Å². The van der Waals surface area contributed by atoms with Crippen LogP contribution in [0.25, 0.3) is 0 Å². The van der Waals surface area contributed by atoms with Gasteiger partial charge in [-0.25, -0.2) is 0 Å². The molecule has 0 saturated carbocycles. The Morgan fingerprint density at radius 1 is 1.28 bits per heavy atom. The largest absolute Gasteiger partial charge is 0.320 e. The lowest BCUT2D eigenvalue weighted by molar-refractivity contribution is 0.103. The van der Waals surface area contributed by atoms with Crippen molar-refractivity contribution in [2.75, 3.05) is 5.32 Å². The van der Waals surface area contributed by atoms with Gasteiger partial charge in [-0.15, -0.1) is 11.3 Å². The highest BCUT2D eigenvalue weighted by atomic mass is 127. The fraction of sp³-hybridized carbons (Fsp3) is 0.214. The summed E-state index contributed by atoms with van der Waals surface area (Å²) < 4.78 is 1.06. The van der Waals surface area contributed by atoms with Crippen molar-refractivity contribution in [1.29, 1.82) is 0 Å². The van der Waals surface area contributed by atoms with E-state index in [2.05, 4.69) is 34.0 Å². The quantitative estimate of drug-likeness (QED) is 0.794. The number of hydrogen-bond acceptors (Lipinski definition) is 2. The molecule has 4 heteroatoms. The van der Waals surface area contributed by atoms with E-state index in [0.717, 1.165) is 27.0 Å². The number of aryl methyl sites for hydroxylation is 2. The Morgan fingerprint density at radius 3 is 2.89 bits per heavy atom. The molecule has 1 heterocycles. The molecule has 0 radical (unpaired) electrons. The molecule has 18 heavy (non-hydrogen) atoms. The highest BCUT2D eigenvalue weighted by Gasteiger charge is 2.18. The van der Waals surface area contributed by atoms with E-state index in [9.17, 15) is 4.79 Å². The minimum absolute atomic E-state index is 0.0125. The smallest absolute Gasteiger partial charge is 0.265 e. The molecule has 0 aliphatic heterocycles. The Morgan fingerprint density at radius 2 is 2.11 bits per heavy atom. The Labute approximate surface area is 124 Å². The molecule has 0 atom stereocenters. The van der Waals surface area contributed by atoms with Crippen LogP contribution in [0.2, 0.25) is 0 Å². The molecule has 0 saturated heterocycles. The standard InChI is InChI=1S/C14H12INOS/c15-10-5-1-2-6-11(10)16-14(17)13-8-9-4-3-7-12(9)18-13/h1-2,5-6,8H,3-4,7H2,(H,16,17).